The minimum absolute atomic E-state index is 0.223. The van der Waals surface area contributed by atoms with Crippen molar-refractivity contribution < 1.29 is 9.53 Å². The predicted octanol–water partition coefficient (Wildman–Crippen LogP) is 3.47. The molecule has 1 heterocycles. The maximum atomic E-state index is 12.4. The predicted molar refractivity (Wildman–Crippen MR) is 86.3 cm³/mol. The van der Waals surface area contributed by atoms with Crippen LogP contribution >= 0.6 is 11.5 Å². The number of carbonyl (C=O) groups is 1. The van der Waals surface area contributed by atoms with Gasteiger partial charge in [0.25, 0.3) is 5.91 Å². The lowest BCUT2D eigenvalue weighted by Gasteiger charge is -2.05. The van der Waals surface area contributed by atoms with Crippen molar-refractivity contribution in [3.05, 3.63) is 59.5 Å². The minimum atomic E-state index is -0.223. The highest BCUT2D eigenvalue weighted by molar-refractivity contribution is 7.08. The van der Waals surface area contributed by atoms with Crippen LogP contribution in [0.25, 0.3) is 11.3 Å². The smallest absolute Gasteiger partial charge is 0.269 e. The fraction of sp³-hybridized carbons (Fsp3) is 0.0625. The summed E-state index contributed by atoms with van der Waals surface area (Å²) in [6, 6.07) is 16.7. The number of rotatable bonds is 4. The van der Waals surface area contributed by atoms with Gasteiger partial charge in [-0.05, 0) is 35.8 Å². The van der Waals surface area contributed by atoms with Gasteiger partial charge in [-0.2, -0.15) is 0 Å². The number of methoxy groups -OCH3 is 1. The number of aromatic nitrogens is 2. The van der Waals surface area contributed by atoms with E-state index in [1.54, 1.807) is 7.11 Å². The lowest BCUT2D eigenvalue weighted by molar-refractivity contribution is 0.103. The molecule has 0 spiro atoms. The summed E-state index contributed by atoms with van der Waals surface area (Å²) in [6.07, 6.45) is 0. The molecule has 0 fully saturated rings. The highest BCUT2D eigenvalue weighted by atomic mass is 32.1. The molecule has 6 heteroatoms. The molecular weight excluding hydrogens is 298 g/mol. The topological polar surface area (TPSA) is 64.1 Å². The summed E-state index contributed by atoms with van der Waals surface area (Å²) in [5, 5.41) is 6.92. The Hall–Kier alpha value is -2.73. The zero-order chi connectivity index (χ0) is 15.4. The Bertz CT molecular complexity index is 787. The van der Waals surface area contributed by atoms with Gasteiger partial charge in [0.15, 0.2) is 0 Å². The first kappa shape index (κ1) is 14.2. The normalized spacial score (nSPS) is 10.2. The Balaban J connectivity index is 1.90. The van der Waals surface area contributed by atoms with Gasteiger partial charge in [0.05, 0.1) is 7.11 Å². The van der Waals surface area contributed by atoms with Crippen LogP contribution in [-0.4, -0.2) is 22.6 Å². The van der Waals surface area contributed by atoms with Crippen LogP contribution in [0.1, 0.15) is 9.67 Å². The first-order valence-corrected chi connectivity index (χ1v) is 7.38. The molecule has 1 N–H and O–H groups in total. The summed E-state index contributed by atoms with van der Waals surface area (Å²) in [5.41, 5.74) is 2.08. The largest absolute Gasteiger partial charge is 0.497 e. The summed E-state index contributed by atoms with van der Waals surface area (Å²) in [5.74, 6) is 0.485. The second-order valence-corrected chi connectivity index (χ2v) is 5.26. The van der Waals surface area contributed by atoms with Gasteiger partial charge >= 0.3 is 0 Å². The zero-order valence-electron chi connectivity index (χ0n) is 11.8. The second kappa shape index (κ2) is 6.36. The molecule has 3 aromatic rings. The fourth-order valence-electron chi connectivity index (χ4n) is 2.01. The summed E-state index contributed by atoms with van der Waals surface area (Å²) >= 11 is 1.07. The number of anilines is 1. The van der Waals surface area contributed by atoms with Crippen molar-refractivity contribution in [2.75, 3.05) is 12.4 Å². The van der Waals surface area contributed by atoms with E-state index in [-0.39, 0.29) is 5.91 Å². The Kier molecular flexibility index (Phi) is 4.11. The van der Waals surface area contributed by atoms with Gasteiger partial charge < -0.3 is 10.1 Å². The lowest BCUT2D eigenvalue weighted by Crippen LogP contribution is -2.11. The molecule has 1 aromatic heterocycles. The maximum Gasteiger partial charge on any atom is 0.269 e. The molecule has 3 rings (SSSR count). The summed E-state index contributed by atoms with van der Waals surface area (Å²) in [7, 11) is 1.60. The zero-order valence-corrected chi connectivity index (χ0v) is 12.6. The van der Waals surface area contributed by atoms with Crippen LogP contribution in [0, 0.1) is 0 Å². The number of amides is 1. The first-order valence-electron chi connectivity index (χ1n) is 6.61. The molecule has 0 radical (unpaired) electrons. The van der Waals surface area contributed by atoms with Crippen LogP contribution in [0.15, 0.2) is 54.6 Å². The average molecular weight is 311 g/mol. The molecule has 0 unspecified atom stereocenters. The molecule has 0 saturated carbocycles. The number of ether oxygens (including phenoxy) is 1. The Morgan fingerprint density at radius 2 is 1.95 bits per heavy atom. The molecule has 1 amide bonds. The van der Waals surface area contributed by atoms with Gasteiger partial charge in [0.1, 0.15) is 16.3 Å². The second-order valence-electron chi connectivity index (χ2n) is 4.50. The van der Waals surface area contributed by atoms with Crippen molar-refractivity contribution in [1.82, 2.24) is 9.59 Å². The van der Waals surface area contributed by atoms with E-state index in [1.165, 1.54) is 0 Å². The van der Waals surface area contributed by atoms with Crippen molar-refractivity contribution in [3.8, 4) is 17.0 Å². The van der Waals surface area contributed by atoms with E-state index in [1.807, 2.05) is 54.6 Å². The minimum Gasteiger partial charge on any atom is -0.497 e. The molecule has 5 nitrogen and oxygen atoms in total. The van der Waals surface area contributed by atoms with E-state index in [4.69, 9.17) is 4.74 Å². The van der Waals surface area contributed by atoms with Crippen molar-refractivity contribution in [2.24, 2.45) is 0 Å². The molecule has 2 aromatic carbocycles. The SMILES string of the molecule is COc1cccc(-c2nnsc2C(=O)Nc2ccccc2)c1. The van der Waals surface area contributed by atoms with Gasteiger partial charge in [-0.1, -0.05) is 34.8 Å². The van der Waals surface area contributed by atoms with E-state index in [0.717, 1.165) is 22.8 Å². The number of benzene rings is 2. The average Bonchev–Trinajstić information content (AvgIpc) is 3.05. The molecule has 0 atom stereocenters. The molecular formula is C16H13N3O2S. The number of para-hydroxylation sites is 1. The summed E-state index contributed by atoms with van der Waals surface area (Å²) in [4.78, 5) is 12.9. The van der Waals surface area contributed by atoms with E-state index in [0.29, 0.717) is 16.3 Å². The molecule has 0 aliphatic carbocycles. The maximum absolute atomic E-state index is 12.4. The van der Waals surface area contributed by atoms with Crippen molar-refractivity contribution in [3.63, 3.8) is 0 Å². The Morgan fingerprint density at radius 3 is 2.73 bits per heavy atom. The van der Waals surface area contributed by atoms with Crippen molar-refractivity contribution >= 4 is 23.1 Å². The lowest BCUT2D eigenvalue weighted by atomic mass is 10.1. The van der Waals surface area contributed by atoms with Crippen LogP contribution in [0.2, 0.25) is 0 Å². The van der Waals surface area contributed by atoms with Crippen LogP contribution in [0.3, 0.4) is 0 Å². The molecule has 0 aliphatic rings. The van der Waals surface area contributed by atoms with Gasteiger partial charge in [-0.3, -0.25) is 4.79 Å². The third kappa shape index (κ3) is 2.96. The molecule has 0 aliphatic heterocycles. The molecule has 22 heavy (non-hydrogen) atoms. The quantitative estimate of drug-likeness (QED) is 0.801. The number of nitrogens with one attached hydrogen (secondary N) is 1. The molecule has 0 bridgehead atoms. The van der Waals surface area contributed by atoms with Crippen LogP contribution in [0.5, 0.6) is 5.75 Å². The van der Waals surface area contributed by atoms with E-state index in [9.17, 15) is 4.79 Å². The van der Waals surface area contributed by atoms with Gasteiger partial charge in [0.2, 0.25) is 0 Å². The van der Waals surface area contributed by atoms with Crippen LogP contribution in [0.4, 0.5) is 5.69 Å². The Labute approximate surface area is 131 Å². The third-order valence-electron chi connectivity index (χ3n) is 3.07. The fourth-order valence-corrected chi connectivity index (χ4v) is 2.59. The number of hydrogen-bond acceptors (Lipinski definition) is 5. The van der Waals surface area contributed by atoms with E-state index < -0.39 is 0 Å². The number of nitrogens with zero attached hydrogens (tertiary/aromatic N) is 2. The molecule has 0 saturated heterocycles. The van der Waals surface area contributed by atoms with E-state index in [2.05, 4.69) is 14.9 Å². The monoisotopic (exact) mass is 311 g/mol. The van der Waals surface area contributed by atoms with Crippen LogP contribution in [-0.2, 0) is 0 Å². The first-order chi connectivity index (χ1) is 10.8. The van der Waals surface area contributed by atoms with Gasteiger partial charge in [-0.15, -0.1) is 5.10 Å². The van der Waals surface area contributed by atoms with Gasteiger partial charge in [0, 0.05) is 11.3 Å². The number of hydrogen-bond donors (Lipinski definition) is 1. The number of carbonyl (C=O) groups excluding carboxylic acids is 1. The highest BCUT2D eigenvalue weighted by Gasteiger charge is 2.18. The van der Waals surface area contributed by atoms with Crippen molar-refractivity contribution in [1.29, 1.82) is 0 Å². The standard InChI is InChI=1S/C16H13N3O2S/c1-21-13-9-5-6-11(10-13)14-15(22-19-18-14)16(20)17-12-7-3-2-4-8-12/h2-10H,1H3,(H,17,20). The van der Waals surface area contributed by atoms with Gasteiger partial charge in [-0.25, -0.2) is 0 Å². The third-order valence-corrected chi connectivity index (χ3v) is 3.79. The highest BCUT2D eigenvalue weighted by Crippen LogP contribution is 2.27. The van der Waals surface area contributed by atoms with Crippen LogP contribution < -0.4 is 10.1 Å². The Morgan fingerprint density at radius 1 is 1.14 bits per heavy atom. The summed E-state index contributed by atoms with van der Waals surface area (Å²) < 4.78 is 9.11. The molecule has 110 valence electrons. The van der Waals surface area contributed by atoms with Crippen molar-refractivity contribution in [2.45, 2.75) is 0 Å². The summed E-state index contributed by atoms with van der Waals surface area (Å²) in [6.45, 7) is 0. The van der Waals surface area contributed by atoms with E-state index >= 15 is 0 Å².